The van der Waals surface area contributed by atoms with Crippen LogP contribution >= 0.6 is 15.9 Å². The number of nitrogen functional groups attached to an aromatic ring is 1. The molecule has 1 aromatic heterocycles. The fourth-order valence-corrected chi connectivity index (χ4v) is 2.42. The number of nitrogens with two attached hydrogens (primary N) is 1. The summed E-state index contributed by atoms with van der Waals surface area (Å²) in [6, 6.07) is 6.09. The highest BCUT2D eigenvalue weighted by Gasteiger charge is 2.18. The summed E-state index contributed by atoms with van der Waals surface area (Å²) in [5.74, 6) is 0.932. The van der Waals surface area contributed by atoms with E-state index in [1.807, 2.05) is 12.1 Å². The third-order valence-electron chi connectivity index (χ3n) is 2.88. The van der Waals surface area contributed by atoms with Gasteiger partial charge in [0, 0.05) is 15.6 Å². The Morgan fingerprint density at radius 1 is 1.39 bits per heavy atom. The SMILES string of the molecule is Cc1cccc(-c2noc(N)c2CC(C)C)c1Br. The molecule has 96 valence electrons. The van der Waals surface area contributed by atoms with Gasteiger partial charge in [0.25, 0.3) is 0 Å². The maximum absolute atomic E-state index is 5.87. The highest BCUT2D eigenvalue weighted by molar-refractivity contribution is 9.10. The molecule has 4 heteroatoms. The van der Waals surface area contributed by atoms with Crippen molar-refractivity contribution in [2.45, 2.75) is 27.2 Å². The molecule has 1 heterocycles. The molecule has 0 aliphatic rings. The number of halogens is 1. The van der Waals surface area contributed by atoms with Crippen LogP contribution in [0.5, 0.6) is 0 Å². The van der Waals surface area contributed by atoms with Gasteiger partial charge in [0.05, 0.1) is 0 Å². The zero-order valence-corrected chi connectivity index (χ0v) is 12.4. The van der Waals surface area contributed by atoms with Gasteiger partial charge in [-0.3, -0.25) is 0 Å². The Bertz CT molecular complexity index is 561. The molecule has 2 aromatic rings. The van der Waals surface area contributed by atoms with Gasteiger partial charge in [0.2, 0.25) is 5.88 Å². The Kier molecular flexibility index (Phi) is 3.76. The molecule has 0 radical (unpaired) electrons. The van der Waals surface area contributed by atoms with Crippen LogP contribution in [-0.2, 0) is 6.42 Å². The first kappa shape index (κ1) is 13.1. The lowest BCUT2D eigenvalue weighted by atomic mass is 9.98. The summed E-state index contributed by atoms with van der Waals surface area (Å²) < 4.78 is 6.20. The summed E-state index contributed by atoms with van der Waals surface area (Å²) in [6.07, 6.45) is 0.866. The fraction of sp³-hybridized carbons (Fsp3) is 0.357. The molecule has 0 fully saturated rings. The molecule has 0 aliphatic heterocycles. The second kappa shape index (κ2) is 5.14. The maximum Gasteiger partial charge on any atom is 0.225 e. The molecule has 0 spiro atoms. The molecule has 0 unspecified atom stereocenters. The van der Waals surface area contributed by atoms with Crippen molar-refractivity contribution in [2.75, 3.05) is 5.73 Å². The number of hydrogen-bond donors (Lipinski definition) is 1. The number of aryl methyl sites for hydroxylation is 1. The van der Waals surface area contributed by atoms with Crippen molar-refractivity contribution in [3.05, 3.63) is 33.8 Å². The van der Waals surface area contributed by atoms with Crippen LogP contribution in [0.25, 0.3) is 11.3 Å². The van der Waals surface area contributed by atoms with Crippen LogP contribution in [0.15, 0.2) is 27.2 Å². The van der Waals surface area contributed by atoms with E-state index in [2.05, 4.69) is 47.9 Å². The van der Waals surface area contributed by atoms with Crippen LogP contribution in [0.1, 0.15) is 25.0 Å². The van der Waals surface area contributed by atoms with Crippen molar-refractivity contribution in [2.24, 2.45) is 5.92 Å². The summed E-state index contributed by atoms with van der Waals surface area (Å²) in [5, 5.41) is 4.11. The topological polar surface area (TPSA) is 52.0 Å². The Hall–Kier alpha value is -1.29. The minimum absolute atomic E-state index is 0.423. The quantitative estimate of drug-likeness (QED) is 0.924. The minimum Gasteiger partial charge on any atom is -0.367 e. The number of aromatic nitrogens is 1. The van der Waals surface area contributed by atoms with Gasteiger partial charge in [-0.25, -0.2) is 0 Å². The van der Waals surface area contributed by atoms with E-state index in [-0.39, 0.29) is 0 Å². The lowest BCUT2D eigenvalue weighted by molar-refractivity contribution is 0.438. The van der Waals surface area contributed by atoms with Crippen molar-refractivity contribution < 1.29 is 4.52 Å². The van der Waals surface area contributed by atoms with E-state index in [0.717, 1.165) is 27.7 Å². The Balaban J connectivity index is 2.54. The smallest absolute Gasteiger partial charge is 0.225 e. The molecule has 0 amide bonds. The van der Waals surface area contributed by atoms with E-state index < -0.39 is 0 Å². The zero-order chi connectivity index (χ0) is 13.3. The lowest BCUT2D eigenvalue weighted by Gasteiger charge is -2.08. The Morgan fingerprint density at radius 3 is 2.78 bits per heavy atom. The predicted molar refractivity (Wildman–Crippen MR) is 77.3 cm³/mol. The molecule has 0 bridgehead atoms. The fourth-order valence-electron chi connectivity index (χ4n) is 1.97. The molecule has 1 aromatic carbocycles. The van der Waals surface area contributed by atoms with Gasteiger partial charge in [-0.15, -0.1) is 0 Å². The van der Waals surface area contributed by atoms with Gasteiger partial charge in [-0.1, -0.05) is 37.2 Å². The van der Waals surface area contributed by atoms with E-state index in [1.165, 1.54) is 5.56 Å². The van der Waals surface area contributed by atoms with Crippen LogP contribution in [0.3, 0.4) is 0 Å². The summed E-state index contributed by atoms with van der Waals surface area (Å²) in [6.45, 7) is 6.36. The molecule has 0 saturated carbocycles. The largest absolute Gasteiger partial charge is 0.367 e. The van der Waals surface area contributed by atoms with Gasteiger partial charge in [-0.05, 0) is 40.8 Å². The number of nitrogens with zero attached hydrogens (tertiary/aromatic N) is 1. The number of anilines is 1. The lowest BCUT2D eigenvalue weighted by Crippen LogP contribution is -1.99. The van der Waals surface area contributed by atoms with Gasteiger partial charge < -0.3 is 10.3 Å². The number of benzene rings is 1. The average molecular weight is 309 g/mol. The summed E-state index contributed by atoms with van der Waals surface area (Å²) in [4.78, 5) is 0. The predicted octanol–water partition coefficient (Wildman–Crippen LogP) is 4.19. The van der Waals surface area contributed by atoms with E-state index >= 15 is 0 Å². The number of rotatable bonds is 3. The standard InChI is InChI=1S/C14H17BrN2O/c1-8(2)7-11-13(17-18-14(11)16)10-6-4-5-9(3)12(10)15/h4-6,8H,7,16H2,1-3H3. The highest BCUT2D eigenvalue weighted by Crippen LogP contribution is 2.35. The first-order chi connectivity index (χ1) is 8.50. The normalized spacial score (nSPS) is 11.2. The van der Waals surface area contributed by atoms with Crippen LogP contribution < -0.4 is 5.73 Å². The average Bonchev–Trinajstić information content (AvgIpc) is 2.64. The van der Waals surface area contributed by atoms with Crippen molar-refractivity contribution in [1.29, 1.82) is 0 Å². The molecule has 2 rings (SSSR count). The van der Waals surface area contributed by atoms with Crippen LogP contribution in [0, 0.1) is 12.8 Å². The summed E-state index contributed by atoms with van der Waals surface area (Å²) in [5.41, 5.74) is 9.92. The van der Waals surface area contributed by atoms with Gasteiger partial charge in [0.15, 0.2) is 0 Å². The molecular formula is C14H17BrN2O. The van der Waals surface area contributed by atoms with Crippen molar-refractivity contribution in [3.63, 3.8) is 0 Å². The summed E-state index contributed by atoms with van der Waals surface area (Å²) >= 11 is 3.60. The van der Waals surface area contributed by atoms with E-state index in [9.17, 15) is 0 Å². The minimum atomic E-state index is 0.423. The highest BCUT2D eigenvalue weighted by atomic mass is 79.9. The zero-order valence-electron chi connectivity index (χ0n) is 10.8. The third kappa shape index (κ3) is 2.43. The molecule has 0 aliphatic carbocycles. The van der Waals surface area contributed by atoms with Crippen molar-refractivity contribution in [3.8, 4) is 11.3 Å². The van der Waals surface area contributed by atoms with Gasteiger partial charge in [0.1, 0.15) is 5.69 Å². The molecule has 2 N–H and O–H groups in total. The van der Waals surface area contributed by atoms with Crippen molar-refractivity contribution in [1.82, 2.24) is 5.16 Å². The first-order valence-electron chi connectivity index (χ1n) is 6.00. The Morgan fingerprint density at radius 2 is 2.11 bits per heavy atom. The molecule has 18 heavy (non-hydrogen) atoms. The molecule has 0 atom stereocenters. The molecule has 0 saturated heterocycles. The van der Waals surface area contributed by atoms with E-state index in [4.69, 9.17) is 10.3 Å². The van der Waals surface area contributed by atoms with E-state index in [0.29, 0.717) is 11.8 Å². The number of hydrogen-bond acceptors (Lipinski definition) is 3. The summed E-state index contributed by atoms with van der Waals surface area (Å²) in [7, 11) is 0. The Labute approximate surface area is 115 Å². The maximum atomic E-state index is 5.87. The van der Waals surface area contributed by atoms with Crippen LogP contribution in [0.4, 0.5) is 5.88 Å². The van der Waals surface area contributed by atoms with Crippen LogP contribution in [-0.4, -0.2) is 5.16 Å². The van der Waals surface area contributed by atoms with E-state index in [1.54, 1.807) is 0 Å². The van der Waals surface area contributed by atoms with Crippen molar-refractivity contribution >= 4 is 21.8 Å². The monoisotopic (exact) mass is 308 g/mol. The van der Waals surface area contributed by atoms with Gasteiger partial charge >= 0.3 is 0 Å². The first-order valence-corrected chi connectivity index (χ1v) is 6.79. The second-order valence-electron chi connectivity index (χ2n) is 4.91. The molecular weight excluding hydrogens is 292 g/mol. The molecule has 3 nitrogen and oxygen atoms in total. The van der Waals surface area contributed by atoms with Crippen LogP contribution in [0.2, 0.25) is 0 Å². The third-order valence-corrected chi connectivity index (χ3v) is 3.93. The second-order valence-corrected chi connectivity index (χ2v) is 5.70. The van der Waals surface area contributed by atoms with Gasteiger partial charge in [-0.2, -0.15) is 0 Å².